The Morgan fingerprint density at radius 2 is 1.95 bits per heavy atom. The molecule has 5 heteroatoms. The van der Waals surface area contributed by atoms with Crippen molar-refractivity contribution < 1.29 is 24.1 Å². The van der Waals surface area contributed by atoms with Crippen molar-refractivity contribution in [3.63, 3.8) is 0 Å². The molecule has 2 atom stereocenters. The summed E-state index contributed by atoms with van der Waals surface area (Å²) in [6.45, 7) is 3.97. The van der Waals surface area contributed by atoms with E-state index in [4.69, 9.17) is 14.2 Å². The summed E-state index contributed by atoms with van der Waals surface area (Å²) >= 11 is 0. The number of fused-ring (bicyclic) bond motifs is 1. The minimum atomic E-state index is -0.880. The number of carboxylic acid groups (broad SMARTS) is 1. The van der Waals surface area contributed by atoms with Crippen LogP contribution in [0.5, 0.6) is 11.5 Å². The van der Waals surface area contributed by atoms with Crippen molar-refractivity contribution >= 4 is 5.97 Å². The van der Waals surface area contributed by atoms with Crippen molar-refractivity contribution in [3.8, 4) is 11.5 Å². The van der Waals surface area contributed by atoms with E-state index in [-0.39, 0.29) is 0 Å². The normalized spacial score (nSPS) is 22.8. The molecule has 0 radical (unpaired) electrons. The van der Waals surface area contributed by atoms with Gasteiger partial charge in [-0.05, 0) is 43.5 Å². The number of carbonyl (C=O) groups is 1. The molecule has 0 bridgehead atoms. The van der Waals surface area contributed by atoms with E-state index in [1.807, 2.05) is 19.1 Å². The third-order valence-electron chi connectivity index (χ3n) is 4.11. The highest BCUT2D eigenvalue weighted by atomic mass is 16.5. The van der Waals surface area contributed by atoms with E-state index in [0.29, 0.717) is 18.1 Å². The zero-order valence-corrected chi connectivity index (χ0v) is 12.2. The lowest BCUT2D eigenvalue weighted by atomic mass is 9.79. The van der Waals surface area contributed by atoms with Crippen LogP contribution in [0.25, 0.3) is 0 Å². The lowest BCUT2D eigenvalue weighted by molar-refractivity contribution is -0.157. The fourth-order valence-corrected chi connectivity index (χ4v) is 2.63. The first kappa shape index (κ1) is 14.7. The number of carboxylic acids is 1. The van der Waals surface area contributed by atoms with Crippen LogP contribution in [0.15, 0.2) is 12.1 Å². The van der Waals surface area contributed by atoms with Crippen LogP contribution >= 0.6 is 0 Å². The van der Waals surface area contributed by atoms with Crippen LogP contribution in [0.3, 0.4) is 0 Å². The molecule has 2 rings (SSSR count). The van der Waals surface area contributed by atoms with Crippen molar-refractivity contribution in [3.05, 3.63) is 23.3 Å². The Balaban J connectivity index is 2.57. The predicted octanol–water partition coefficient (Wildman–Crippen LogP) is 2.21. The van der Waals surface area contributed by atoms with E-state index >= 15 is 0 Å². The quantitative estimate of drug-likeness (QED) is 0.916. The number of hydrogen-bond acceptors (Lipinski definition) is 4. The Morgan fingerprint density at radius 1 is 1.35 bits per heavy atom. The van der Waals surface area contributed by atoms with Crippen LogP contribution in [0.4, 0.5) is 0 Å². The summed E-state index contributed by atoms with van der Waals surface area (Å²) in [7, 11) is 3.15. The number of hydrogen-bond donors (Lipinski definition) is 1. The molecule has 0 aromatic heterocycles. The van der Waals surface area contributed by atoms with Crippen molar-refractivity contribution in [2.75, 3.05) is 20.8 Å². The number of methoxy groups -OCH3 is 2. The highest BCUT2D eigenvalue weighted by molar-refractivity contribution is 5.72. The standard InChI is InChI=1S/C15H20O5/c1-9(14(16)17)15(2)11-8-13(19-4)12(18-3)7-10(11)5-6-20-15/h7-9H,5-6H2,1-4H3,(H,16,17). The molecule has 0 spiro atoms. The lowest BCUT2D eigenvalue weighted by Crippen LogP contribution is -2.42. The van der Waals surface area contributed by atoms with Gasteiger partial charge in [0, 0.05) is 0 Å². The number of aliphatic carboxylic acids is 1. The van der Waals surface area contributed by atoms with E-state index in [2.05, 4.69) is 0 Å². The number of benzene rings is 1. The van der Waals surface area contributed by atoms with Crippen molar-refractivity contribution in [2.45, 2.75) is 25.9 Å². The SMILES string of the molecule is COc1cc2c(cc1OC)C(C)(C(C)C(=O)O)OCC2. The fraction of sp³-hybridized carbons (Fsp3) is 0.533. The van der Waals surface area contributed by atoms with E-state index in [1.54, 1.807) is 21.1 Å². The van der Waals surface area contributed by atoms with Gasteiger partial charge >= 0.3 is 5.97 Å². The van der Waals surface area contributed by atoms with Gasteiger partial charge in [0.05, 0.1) is 26.7 Å². The monoisotopic (exact) mass is 280 g/mol. The Hall–Kier alpha value is -1.75. The second-order valence-corrected chi connectivity index (χ2v) is 5.13. The first-order chi connectivity index (χ1) is 9.43. The molecule has 1 N–H and O–H groups in total. The maximum atomic E-state index is 11.4. The first-order valence-corrected chi connectivity index (χ1v) is 6.56. The molecule has 0 amide bonds. The van der Waals surface area contributed by atoms with Gasteiger partial charge in [0.1, 0.15) is 5.60 Å². The van der Waals surface area contributed by atoms with E-state index in [0.717, 1.165) is 17.5 Å². The summed E-state index contributed by atoms with van der Waals surface area (Å²) in [4.78, 5) is 11.4. The largest absolute Gasteiger partial charge is 0.493 e. The molecule has 20 heavy (non-hydrogen) atoms. The molecule has 1 aromatic carbocycles. The zero-order valence-electron chi connectivity index (χ0n) is 12.2. The number of rotatable bonds is 4. The molecule has 0 fully saturated rings. The van der Waals surface area contributed by atoms with Crippen molar-refractivity contribution in [2.24, 2.45) is 5.92 Å². The van der Waals surface area contributed by atoms with Crippen LogP contribution in [0, 0.1) is 5.92 Å². The molecule has 0 aliphatic carbocycles. The van der Waals surface area contributed by atoms with Gasteiger partial charge in [-0.25, -0.2) is 0 Å². The average Bonchev–Trinajstić information content (AvgIpc) is 2.45. The van der Waals surface area contributed by atoms with Gasteiger partial charge in [-0.1, -0.05) is 0 Å². The van der Waals surface area contributed by atoms with Crippen LogP contribution in [-0.2, 0) is 21.6 Å². The Labute approximate surface area is 118 Å². The maximum absolute atomic E-state index is 11.4. The van der Waals surface area contributed by atoms with Crippen LogP contribution in [0.2, 0.25) is 0 Å². The zero-order chi connectivity index (χ0) is 14.9. The molecule has 0 saturated heterocycles. The van der Waals surface area contributed by atoms with Gasteiger partial charge in [0.15, 0.2) is 11.5 Å². The minimum absolute atomic E-state index is 0.497. The van der Waals surface area contributed by atoms with Gasteiger partial charge < -0.3 is 19.3 Å². The predicted molar refractivity (Wildman–Crippen MR) is 73.4 cm³/mol. The molecule has 1 aromatic rings. The Kier molecular flexibility index (Phi) is 3.90. The third-order valence-corrected chi connectivity index (χ3v) is 4.11. The summed E-state index contributed by atoms with van der Waals surface area (Å²) in [5.74, 6) is -0.297. The summed E-state index contributed by atoms with van der Waals surface area (Å²) in [5, 5.41) is 9.32. The molecule has 1 heterocycles. The van der Waals surface area contributed by atoms with Crippen LogP contribution in [-0.4, -0.2) is 31.9 Å². The van der Waals surface area contributed by atoms with Gasteiger partial charge in [0.25, 0.3) is 0 Å². The molecule has 1 aliphatic rings. The summed E-state index contributed by atoms with van der Waals surface area (Å²) in [6.07, 6.45) is 0.734. The molecule has 2 unspecified atom stereocenters. The topological polar surface area (TPSA) is 65.0 Å². The highest BCUT2D eigenvalue weighted by Gasteiger charge is 2.42. The molecular formula is C15H20O5. The van der Waals surface area contributed by atoms with Crippen molar-refractivity contribution in [1.82, 2.24) is 0 Å². The van der Waals surface area contributed by atoms with E-state index < -0.39 is 17.5 Å². The van der Waals surface area contributed by atoms with Crippen LogP contribution in [0.1, 0.15) is 25.0 Å². The van der Waals surface area contributed by atoms with Gasteiger partial charge in [-0.2, -0.15) is 0 Å². The average molecular weight is 280 g/mol. The summed E-state index contributed by atoms with van der Waals surface area (Å²) < 4.78 is 16.4. The van der Waals surface area contributed by atoms with Gasteiger partial charge in [-0.3, -0.25) is 4.79 Å². The Morgan fingerprint density at radius 3 is 2.50 bits per heavy atom. The third kappa shape index (κ3) is 2.22. The second-order valence-electron chi connectivity index (χ2n) is 5.13. The summed E-state index contributed by atoms with van der Waals surface area (Å²) in [6, 6.07) is 3.73. The Bertz CT molecular complexity index is 525. The number of ether oxygens (including phenoxy) is 3. The molecule has 110 valence electrons. The molecular weight excluding hydrogens is 260 g/mol. The molecule has 1 aliphatic heterocycles. The second kappa shape index (κ2) is 5.32. The van der Waals surface area contributed by atoms with Crippen molar-refractivity contribution in [1.29, 1.82) is 0 Å². The lowest BCUT2D eigenvalue weighted by Gasteiger charge is -2.39. The summed E-state index contributed by atoms with van der Waals surface area (Å²) in [5.41, 5.74) is 1.04. The highest BCUT2D eigenvalue weighted by Crippen LogP contribution is 2.43. The smallest absolute Gasteiger partial charge is 0.309 e. The molecule has 0 saturated carbocycles. The molecule has 5 nitrogen and oxygen atoms in total. The van der Waals surface area contributed by atoms with Gasteiger partial charge in [-0.15, -0.1) is 0 Å². The van der Waals surface area contributed by atoms with Gasteiger partial charge in [0.2, 0.25) is 0 Å². The van der Waals surface area contributed by atoms with Crippen LogP contribution < -0.4 is 9.47 Å². The minimum Gasteiger partial charge on any atom is -0.493 e. The van der Waals surface area contributed by atoms with E-state index in [1.165, 1.54) is 0 Å². The maximum Gasteiger partial charge on any atom is 0.309 e. The van der Waals surface area contributed by atoms with E-state index in [9.17, 15) is 9.90 Å². The first-order valence-electron chi connectivity index (χ1n) is 6.56. The fourth-order valence-electron chi connectivity index (χ4n) is 2.63.